The largest absolute Gasteiger partial charge is 0.481 e. The highest BCUT2D eigenvalue weighted by Gasteiger charge is 2.32. The first-order valence-electron chi connectivity index (χ1n) is 7.28. The van der Waals surface area contributed by atoms with Crippen molar-refractivity contribution in [1.82, 2.24) is 15.6 Å². The van der Waals surface area contributed by atoms with E-state index in [2.05, 4.69) is 22.5 Å². The van der Waals surface area contributed by atoms with Crippen LogP contribution in [-0.2, 0) is 17.8 Å². The summed E-state index contributed by atoms with van der Waals surface area (Å²) >= 11 is 1.59. The van der Waals surface area contributed by atoms with Crippen LogP contribution < -0.4 is 10.6 Å². The molecule has 3 N–H and O–H groups in total. The molecule has 0 aliphatic heterocycles. The van der Waals surface area contributed by atoms with Crippen LogP contribution in [0.25, 0.3) is 0 Å². The van der Waals surface area contributed by atoms with Crippen molar-refractivity contribution in [2.24, 2.45) is 11.8 Å². The molecule has 1 aliphatic rings. The Labute approximate surface area is 128 Å². The van der Waals surface area contributed by atoms with Crippen LogP contribution in [0.2, 0.25) is 0 Å². The first-order valence-corrected chi connectivity index (χ1v) is 8.10. The number of carbonyl (C=O) groups is 2. The average Bonchev–Trinajstić information content (AvgIpc) is 3.11. The van der Waals surface area contributed by atoms with Crippen molar-refractivity contribution in [2.75, 3.05) is 6.54 Å². The number of hydrogen-bond acceptors (Lipinski definition) is 4. The van der Waals surface area contributed by atoms with Gasteiger partial charge in [-0.2, -0.15) is 0 Å². The molecule has 116 valence electrons. The Morgan fingerprint density at radius 2 is 2.24 bits per heavy atom. The number of hydrogen-bond donors (Lipinski definition) is 3. The quantitative estimate of drug-likeness (QED) is 0.749. The molecule has 1 saturated carbocycles. The second-order valence-electron chi connectivity index (χ2n) is 5.27. The number of aryl methyl sites for hydroxylation is 1. The van der Waals surface area contributed by atoms with E-state index in [-0.39, 0.29) is 17.9 Å². The van der Waals surface area contributed by atoms with Gasteiger partial charge in [-0.05, 0) is 25.2 Å². The number of carboxylic acids is 1. The Hall–Kier alpha value is -1.63. The van der Waals surface area contributed by atoms with Crippen LogP contribution in [0.4, 0.5) is 4.79 Å². The van der Waals surface area contributed by atoms with E-state index in [4.69, 9.17) is 5.11 Å². The number of carbonyl (C=O) groups excluding carboxylic acids is 1. The second kappa shape index (κ2) is 7.40. The van der Waals surface area contributed by atoms with Gasteiger partial charge in [-0.3, -0.25) is 4.79 Å². The number of carboxylic acid groups (broad SMARTS) is 1. The van der Waals surface area contributed by atoms with Crippen molar-refractivity contribution in [1.29, 1.82) is 0 Å². The normalized spacial score (nSPS) is 21.2. The van der Waals surface area contributed by atoms with E-state index < -0.39 is 5.97 Å². The summed E-state index contributed by atoms with van der Waals surface area (Å²) in [5.74, 6) is -1.04. The third-order valence-corrected chi connectivity index (χ3v) is 4.99. The lowest BCUT2D eigenvalue weighted by atomic mass is 9.96. The molecule has 1 aromatic rings. The van der Waals surface area contributed by atoms with Gasteiger partial charge >= 0.3 is 12.0 Å². The Balaban J connectivity index is 1.71. The van der Waals surface area contributed by atoms with Crippen LogP contribution in [0.15, 0.2) is 6.20 Å². The molecular formula is C14H21N3O3S. The summed E-state index contributed by atoms with van der Waals surface area (Å²) in [7, 11) is 0. The first-order chi connectivity index (χ1) is 10.1. The standard InChI is InChI=1S/C14H21N3O3S/c1-2-10-7-15-12(21-10)8-17-14(20)16-6-9-4-3-5-11(9)13(18)19/h7,9,11H,2-6,8H2,1H3,(H,18,19)(H2,16,17,20). The van der Waals surface area contributed by atoms with Crippen LogP contribution in [0.3, 0.4) is 0 Å². The topological polar surface area (TPSA) is 91.3 Å². The van der Waals surface area contributed by atoms with E-state index in [1.165, 1.54) is 4.88 Å². The summed E-state index contributed by atoms with van der Waals surface area (Å²) in [5.41, 5.74) is 0. The van der Waals surface area contributed by atoms with Gasteiger partial charge in [-0.15, -0.1) is 11.3 Å². The van der Waals surface area contributed by atoms with E-state index in [1.807, 2.05) is 6.20 Å². The number of aliphatic carboxylic acids is 1. The minimum absolute atomic E-state index is 0.0415. The maximum atomic E-state index is 11.7. The number of nitrogens with one attached hydrogen (secondary N) is 2. The van der Waals surface area contributed by atoms with Gasteiger partial charge in [0.15, 0.2) is 0 Å². The fourth-order valence-electron chi connectivity index (χ4n) is 2.64. The number of amides is 2. The Kier molecular flexibility index (Phi) is 5.55. The molecule has 1 aliphatic carbocycles. The summed E-state index contributed by atoms with van der Waals surface area (Å²) in [6.07, 6.45) is 5.27. The van der Waals surface area contributed by atoms with Crippen molar-refractivity contribution in [3.63, 3.8) is 0 Å². The number of rotatable bonds is 6. The van der Waals surface area contributed by atoms with Gasteiger partial charge in [0, 0.05) is 17.6 Å². The number of nitrogens with zero attached hydrogens (tertiary/aromatic N) is 1. The molecule has 1 aromatic heterocycles. The highest BCUT2D eigenvalue weighted by atomic mass is 32.1. The van der Waals surface area contributed by atoms with Gasteiger partial charge in [-0.1, -0.05) is 13.3 Å². The molecule has 7 heteroatoms. The van der Waals surface area contributed by atoms with Crippen LogP contribution in [0.5, 0.6) is 0 Å². The van der Waals surface area contributed by atoms with Crippen LogP contribution >= 0.6 is 11.3 Å². The van der Waals surface area contributed by atoms with Gasteiger partial charge in [0.1, 0.15) is 5.01 Å². The number of thiazole rings is 1. The average molecular weight is 311 g/mol. The molecule has 0 spiro atoms. The molecule has 0 bridgehead atoms. The monoisotopic (exact) mass is 311 g/mol. The number of urea groups is 1. The van der Waals surface area contributed by atoms with Crippen LogP contribution in [0.1, 0.15) is 36.1 Å². The Bertz CT molecular complexity index is 503. The molecule has 0 aromatic carbocycles. The molecule has 2 atom stereocenters. The van der Waals surface area contributed by atoms with Gasteiger partial charge in [0.2, 0.25) is 0 Å². The smallest absolute Gasteiger partial charge is 0.315 e. The van der Waals surface area contributed by atoms with Crippen molar-refractivity contribution in [3.05, 3.63) is 16.1 Å². The highest BCUT2D eigenvalue weighted by molar-refractivity contribution is 7.11. The maximum absolute atomic E-state index is 11.7. The molecule has 6 nitrogen and oxygen atoms in total. The minimum atomic E-state index is -0.755. The van der Waals surface area contributed by atoms with E-state index in [9.17, 15) is 9.59 Å². The summed E-state index contributed by atoms with van der Waals surface area (Å²) < 4.78 is 0. The predicted molar refractivity (Wildman–Crippen MR) is 80.2 cm³/mol. The lowest BCUT2D eigenvalue weighted by Crippen LogP contribution is -2.39. The first kappa shape index (κ1) is 15.8. The SMILES string of the molecule is CCc1cnc(CNC(=O)NCC2CCCC2C(=O)O)s1. The number of aromatic nitrogens is 1. The van der Waals surface area contributed by atoms with Gasteiger partial charge < -0.3 is 15.7 Å². The zero-order valence-corrected chi connectivity index (χ0v) is 12.9. The highest BCUT2D eigenvalue weighted by Crippen LogP contribution is 2.31. The van der Waals surface area contributed by atoms with Crippen molar-refractivity contribution >= 4 is 23.3 Å². The summed E-state index contributed by atoms with van der Waals surface area (Å²) in [6.45, 7) is 2.89. The van der Waals surface area contributed by atoms with Crippen molar-refractivity contribution in [2.45, 2.75) is 39.2 Å². The van der Waals surface area contributed by atoms with Gasteiger partial charge in [-0.25, -0.2) is 9.78 Å². The molecule has 2 unspecified atom stereocenters. The minimum Gasteiger partial charge on any atom is -0.481 e. The molecule has 2 rings (SSSR count). The zero-order valence-electron chi connectivity index (χ0n) is 12.1. The fourth-order valence-corrected chi connectivity index (χ4v) is 3.44. The molecule has 1 fully saturated rings. The van der Waals surface area contributed by atoms with E-state index in [0.717, 1.165) is 24.3 Å². The van der Waals surface area contributed by atoms with Crippen molar-refractivity contribution in [3.8, 4) is 0 Å². The predicted octanol–water partition coefficient (Wildman–Crippen LogP) is 2.01. The van der Waals surface area contributed by atoms with E-state index in [1.54, 1.807) is 11.3 Å². The molecule has 0 saturated heterocycles. The molecule has 21 heavy (non-hydrogen) atoms. The van der Waals surface area contributed by atoms with Crippen LogP contribution in [0, 0.1) is 11.8 Å². The Morgan fingerprint density at radius 3 is 2.90 bits per heavy atom. The lowest BCUT2D eigenvalue weighted by Gasteiger charge is -2.16. The lowest BCUT2D eigenvalue weighted by molar-refractivity contribution is -0.142. The molecule has 1 heterocycles. The summed E-state index contributed by atoms with van der Waals surface area (Å²) in [6, 6.07) is -0.265. The summed E-state index contributed by atoms with van der Waals surface area (Å²) in [5, 5.41) is 15.5. The third-order valence-electron chi connectivity index (χ3n) is 3.85. The van der Waals surface area contributed by atoms with E-state index >= 15 is 0 Å². The van der Waals surface area contributed by atoms with E-state index in [0.29, 0.717) is 19.5 Å². The molecule has 0 radical (unpaired) electrons. The Morgan fingerprint density at radius 1 is 1.43 bits per heavy atom. The fraction of sp³-hybridized carbons (Fsp3) is 0.643. The second-order valence-corrected chi connectivity index (χ2v) is 6.47. The van der Waals surface area contributed by atoms with Gasteiger partial charge in [0.25, 0.3) is 0 Å². The van der Waals surface area contributed by atoms with Crippen molar-refractivity contribution < 1.29 is 14.7 Å². The zero-order chi connectivity index (χ0) is 15.2. The maximum Gasteiger partial charge on any atom is 0.315 e. The third kappa shape index (κ3) is 4.42. The summed E-state index contributed by atoms with van der Waals surface area (Å²) in [4.78, 5) is 28.2. The molecular weight excluding hydrogens is 290 g/mol. The van der Waals surface area contributed by atoms with Gasteiger partial charge in [0.05, 0.1) is 12.5 Å². The molecule has 2 amide bonds. The van der Waals surface area contributed by atoms with Crippen LogP contribution in [-0.4, -0.2) is 28.6 Å².